The maximum Gasteiger partial charge on any atom is 0.251 e. The van der Waals surface area contributed by atoms with Crippen LogP contribution in [0.1, 0.15) is 36.5 Å². The number of halogens is 1. The van der Waals surface area contributed by atoms with Crippen molar-refractivity contribution in [3.05, 3.63) is 29.0 Å². The highest BCUT2D eigenvalue weighted by Gasteiger charge is 2.23. The smallest absolute Gasteiger partial charge is 0.251 e. The first-order valence-corrected chi connectivity index (χ1v) is 5.95. The Bertz CT molecular complexity index is 394. The van der Waals surface area contributed by atoms with Gasteiger partial charge in [0.2, 0.25) is 0 Å². The Kier molecular flexibility index (Phi) is 3.44. The molecule has 1 aromatic heterocycles. The van der Waals surface area contributed by atoms with Crippen LogP contribution < -0.4 is 5.32 Å². The van der Waals surface area contributed by atoms with Crippen molar-refractivity contribution in [2.75, 3.05) is 0 Å². The number of carbonyl (C=O) groups excluding carboxylic acids is 1. The summed E-state index contributed by atoms with van der Waals surface area (Å²) in [5.74, 6) is 0.662. The van der Waals surface area contributed by atoms with Gasteiger partial charge in [-0.2, -0.15) is 0 Å². The fourth-order valence-electron chi connectivity index (χ4n) is 2.15. The third-order valence-corrected chi connectivity index (χ3v) is 3.23. The van der Waals surface area contributed by atoms with Crippen molar-refractivity contribution in [1.29, 1.82) is 0 Å². The number of pyridine rings is 1. The maximum atomic E-state index is 11.9. The lowest BCUT2D eigenvalue weighted by atomic mass is 10.1. The summed E-state index contributed by atoms with van der Waals surface area (Å²) < 4.78 is 0. The molecule has 1 amide bonds. The molecule has 2 atom stereocenters. The van der Waals surface area contributed by atoms with Crippen molar-refractivity contribution >= 4 is 17.5 Å². The number of rotatable bonds is 2. The molecular formula is C12H15ClN2O. The summed E-state index contributed by atoms with van der Waals surface area (Å²) in [7, 11) is 0. The van der Waals surface area contributed by atoms with Crippen LogP contribution in [0.15, 0.2) is 18.3 Å². The molecule has 2 unspecified atom stereocenters. The second kappa shape index (κ2) is 4.83. The van der Waals surface area contributed by atoms with Crippen molar-refractivity contribution in [2.45, 2.75) is 32.2 Å². The Labute approximate surface area is 100 Å². The molecule has 0 radical (unpaired) electrons. The fourth-order valence-corrected chi connectivity index (χ4v) is 2.32. The molecule has 0 aliphatic heterocycles. The molecule has 1 N–H and O–H groups in total. The standard InChI is InChI=1S/C12H15ClN2O/c1-8-2-3-10(6-8)15-12(16)9-4-5-14-11(13)7-9/h4-5,7-8,10H,2-3,6H2,1H3,(H,15,16). The summed E-state index contributed by atoms with van der Waals surface area (Å²) in [6, 6.07) is 3.59. The molecule has 1 fully saturated rings. The van der Waals surface area contributed by atoms with E-state index in [0.29, 0.717) is 22.7 Å². The van der Waals surface area contributed by atoms with Gasteiger partial charge in [0.1, 0.15) is 5.15 Å². The Morgan fingerprint density at radius 1 is 1.56 bits per heavy atom. The molecule has 3 nitrogen and oxygen atoms in total. The Morgan fingerprint density at radius 3 is 3.00 bits per heavy atom. The van der Waals surface area contributed by atoms with E-state index in [4.69, 9.17) is 11.6 Å². The Hall–Kier alpha value is -1.09. The summed E-state index contributed by atoms with van der Waals surface area (Å²) in [6.45, 7) is 2.22. The summed E-state index contributed by atoms with van der Waals surface area (Å²) in [6.07, 6.45) is 4.90. The van der Waals surface area contributed by atoms with Crippen LogP contribution in [0.4, 0.5) is 0 Å². The quantitative estimate of drug-likeness (QED) is 0.805. The predicted octanol–water partition coefficient (Wildman–Crippen LogP) is 2.65. The van der Waals surface area contributed by atoms with E-state index in [1.165, 1.54) is 6.42 Å². The molecular weight excluding hydrogens is 224 g/mol. The van der Waals surface area contributed by atoms with E-state index in [1.807, 2.05) is 0 Å². The number of carbonyl (C=O) groups is 1. The number of nitrogens with one attached hydrogen (secondary N) is 1. The van der Waals surface area contributed by atoms with Gasteiger partial charge in [0, 0.05) is 17.8 Å². The lowest BCUT2D eigenvalue weighted by molar-refractivity contribution is 0.0937. The molecule has 1 saturated carbocycles. The van der Waals surface area contributed by atoms with E-state index in [0.717, 1.165) is 12.8 Å². The molecule has 0 aromatic carbocycles. The first kappa shape index (κ1) is 11.4. The Balaban J connectivity index is 1.98. The highest BCUT2D eigenvalue weighted by atomic mass is 35.5. The van der Waals surface area contributed by atoms with E-state index in [-0.39, 0.29) is 5.91 Å². The largest absolute Gasteiger partial charge is 0.349 e. The normalized spacial score (nSPS) is 24.4. The molecule has 4 heteroatoms. The van der Waals surface area contributed by atoms with Crippen LogP contribution in [-0.2, 0) is 0 Å². The average molecular weight is 239 g/mol. The van der Waals surface area contributed by atoms with Gasteiger partial charge in [-0.15, -0.1) is 0 Å². The van der Waals surface area contributed by atoms with Crippen LogP contribution in [-0.4, -0.2) is 16.9 Å². The SMILES string of the molecule is CC1CCC(NC(=O)c2ccnc(Cl)c2)C1. The first-order valence-electron chi connectivity index (χ1n) is 5.57. The molecule has 0 bridgehead atoms. The summed E-state index contributed by atoms with van der Waals surface area (Å²) in [5, 5.41) is 3.38. The van der Waals surface area contributed by atoms with Gasteiger partial charge in [-0.05, 0) is 37.3 Å². The zero-order valence-corrected chi connectivity index (χ0v) is 10.00. The highest BCUT2D eigenvalue weighted by molar-refractivity contribution is 6.29. The molecule has 1 aromatic rings. The van der Waals surface area contributed by atoms with Gasteiger partial charge in [0.15, 0.2) is 0 Å². The highest BCUT2D eigenvalue weighted by Crippen LogP contribution is 2.24. The molecule has 86 valence electrons. The second-order valence-corrected chi connectivity index (χ2v) is 4.84. The molecule has 16 heavy (non-hydrogen) atoms. The third-order valence-electron chi connectivity index (χ3n) is 3.02. The molecule has 1 heterocycles. The summed E-state index contributed by atoms with van der Waals surface area (Å²) in [4.78, 5) is 15.7. The van der Waals surface area contributed by atoms with Gasteiger partial charge in [0.05, 0.1) is 0 Å². The van der Waals surface area contributed by atoms with Crippen LogP contribution in [0, 0.1) is 5.92 Å². The monoisotopic (exact) mass is 238 g/mol. The Morgan fingerprint density at radius 2 is 2.38 bits per heavy atom. The maximum absolute atomic E-state index is 11.9. The van der Waals surface area contributed by atoms with E-state index in [9.17, 15) is 4.79 Å². The predicted molar refractivity (Wildman–Crippen MR) is 63.5 cm³/mol. The van der Waals surface area contributed by atoms with Crippen LogP contribution in [0.2, 0.25) is 5.15 Å². The minimum atomic E-state index is -0.0524. The molecule has 2 rings (SSSR count). The van der Waals surface area contributed by atoms with Gasteiger partial charge in [-0.1, -0.05) is 18.5 Å². The number of aromatic nitrogens is 1. The van der Waals surface area contributed by atoms with Gasteiger partial charge in [-0.3, -0.25) is 4.79 Å². The topological polar surface area (TPSA) is 42.0 Å². The molecule has 1 aliphatic carbocycles. The van der Waals surface area contributed by atoms with Gasteiger partial charge in [0.25, 0.3) is 5.91 Å². The van der Waals surface area contributed by atoms with Crippen LogP contribution in [0.5, 0.6) is 0 Å². The van der Waals surface area contributed by atoms with Gasteiger partial charge >= 0.3 is 0 Å². The van der Waals surface area contributed by atoms with E-state index in [2.05, 4.69) is 17.2 Å². The first-order chi connectivity index (χ1) is 7.65. The van der Waals surface area contributed by atoms with E-state index >= 15 is 0 Å². The summed E-state index contributed by atoms with van der Waals surface area (Å²) >= 11 is 5.74. The second-order valence-electron chi connectivity index (χ2n) is 4.46. The zero-order chi connectivity index (χ0) is 11.5. The minimum Gasteiger partial charge on any atom is -0.349 e. The van der Waals surface area contributed by atoms with E-state index < -0.39 is 0 Å². The number of hydrogen-bond acceptors (Lipinski definition) is 2. The molecule has 1 aliphatic rings. The number of amides is 1. The van der Waals surface area contributed by atoms with Crippen molar-refractivity contribution in [1.82, 2.24) is 10.3 Å². The lowest BCUT2D eigenvalue weighted by Gasteiger charge is -2.12. The average Bonchev–Trinajstić information content (AvgIpc) is 2.64. The van der Waals surface area contributed by atoms with Gasteiger partial charge in [-0.25, -0.2) is 4.98 Å². The van der Waals surface area contributed by atoms with Crippen molar-refractivity contribution < 1.29 is 4.79 Å². The molecule has 0 saturated heterocycles. The van der Waals surface area contributed by atoms with Crippen molar-refractivity contribution in [3.8, 4) is 0 Å². The lowest BCUT2D eigenvalue weighted by Crippen LogP contribution is -2.32. The minimum absolute atomic E-state index is 0.0524. The van der Waals surface area contributed by atoms with Crippen LogP contribution in [0.25, 0.3) is 0 Å². The number of nitrogens with zero attached hydrogens (tertiary/aromatic N) is 1. The molecule has 0 spiro atoms. The van der Waals surface area contributed by atoms with E-state index in [1.54, 1.807) is 18.3 Å². The third kappa shape index (κ3) is 2.73. The van der Waals surface area contributed by atoms with Crippen LogP contribution >= 0.6 is 11.6 Å². The van der Waals surface area contributed by atoms with Crippen LogP contribution in [0.3, 0.4) is 0 Å². The fraction of sp³-hybridized carbons (Fsp3) is 0.500. The van der Waals surface area contributed by atoms with Gasteiger partial charge < -0.3 is 5.32 Å². The summed E-state index contributed by atoms with van der Waals surface area (Å²) in [5.41, 5.74) is 0.583. The zero-order valence-electron chi connectivity index (χ0n) is 9.24. The number of hydrogen-bond donors (Lipinski definition) is 1. The van der Waals surface area contributed by atoms with Crippen molar-refractivity contribution in [3.63, 3.8) is 0 Å². The van der Waals surface area contributed by atoms with Crippen molar-refractivity contribution in [2.24, 2.45) is 5.92 Å².